The van der Waals surface area contributed by atoms with E-state index < -0.39 is 0 Å². The van der Waals surface area contributed by atoms with Crippen molar-refractivity contribution in [3.05, 3.63) is 169 Å². The smallest absolute Gasteiger partial charge is 0.0998 e. The van der Waals surface area contributed by atoms with E-state index >= 15 is 0 Å². The molecule has 4 heteroatoms. The summed E-state index contributed by atoms with van der Waals surface area (Å²) in [5.74, 6) is 0. The van der Waals surface area contributed by atoms with Gasteiger partial charge in [-0.2, -0.15) is 10.5 Å². The summed E-state index contributed by atoms with van der Waals surface area (Å²) in [6.07, 6.45) is 0. The van der Waals surface area contributed by atoms with Gasteiger partial charge in [0, 0.05) is 32.8 Å². The Labute approximate surface area is 277 Å². The van der Waals surface area contributed by atoms with Crippen molar-refractivity contribution in [2.24, 2.45) is 0 Å². The quantitative estimate of drug-likeness (QED) is 0.199. The molecule has 0 spiro atoms. The van der Waals surface area contributed by atoms with Gasteiger partial charge in [0.05, 0.1) is 51.0 Å². The second kappa shape index (κ2) is 10.9. The average Bonchev–Trinajstić information content (AvgIpc) is 3.67. The normalized spacial score (nSPS) is 11.3. The number of fused-ring (bicyclic) bond motifs is 6. The Balaban J connectivity index is 1.14. The van der Waals surface area contributed by atoms with Crippen LogP contribution in [-0.2, 0) is 0 Å². The highest BCUT2D eigenvalue weighted by Gasteiger charge is 2.17. The zero-order valence-electron chi connectivity index (χ0n) is 25.8. The molecule has 0 aliphatic heterocycles. The molecular weight excluding hydrogens is 585 g/mol. The zero-order chi connectivity index (χ0) is 32.2. The fraction of sp³-hybridized carbons (Fsp3) is 0. The minimum absolute atomic E-state index is 0.626. The lowest BCUT2D eigenvalue weighted by Gasteiger charge is -2.15. The second-order valence-electron chi connectivity index (χ2n) is 12.0. The Bertz CT molecular complexity index is 2750. The first kappa shape index (κ1) is 27.4. The summed E-state index contributed by atoms with van der Waals surface area (Å²) in [6, 6.07) is 58.9. The summed E-state index contributed by atoms with van der Waals surface area (Å²) in [5, 5.41) is 24.7. The maximum atomic E-state index is 10.3. The lowest BCUT2D eigenvalue weighted by Crippen LogP contribution is -1.97. The van der Waals surface area contributed by atoms with E-state index in [4.69, 9.17) is 0 Å². The highest BCUT2D eigenvalue weighted by molar-refractivity contribution is 6.10. The molecule has 4 nitrogen and oxygen atoms in total. The fourth-order valence-corrected chi connectivity index (χ4v) is 7.26. The van der Waals surface area contributed by atoms with E-state index in [-0.39, 0.29) is 0 Å². The fourth-order valence-electron chi connectivity index (χ4n) is 7.26. The molecule has 0 saturated carbocycles. The molecule has 0 bridgehead atoms. The molecule has 0 unspecified atom stereocenters. The van der Waals surface area contributed by atoms with Crippen LogP contribution in [0.1, 0.15) is 11.1 Å². The molecule has 0 N–H and O–H groups in total. The molecule has 0 atom stereocenters. The molecule has 0 aliphatic rings. The van der Waals surface area contributed by atoms with E-state index in [0.29, 0.717) is 11.1 Å². The molecule has 0 saturated heterocycles. The van der Waals surface area contributed by atoms with Crippen LogP contribution < -0.4 is 0 Å². The van der Waals surface area contributed by atoms with Crippen molar-refractivity contribution in [2.45, 2.75) is 0 Å². The van der Waals surface area contributed by atoms with Crippen molar-refractivity contribution in [1.29, 1.82) is 10.5 Å². The Morgan fingerprint density at radius 2 is 0.938 bits per heavy atom. The van der Waals surface area contributed by atoms with Crippen LogP contribution >= 0.6 is 0 Å². The van der Waals surface area contributed by atoms with Crippen LogP contribution in [0.2, 0.25) is 0 Å². The van der Waals surface area contributed by atoms with Gasteiger partial charge in [0.15, 0.2) is 0 Å². The lowest BCUT2D eigenvalue weighted by molar-refractivity contribution is 1.18. The molecule has 48 heavy (non-hydrogen) atoms. The molecule has 7 aromatic carbocycles. The van der Waals surface area contributed by atoms with Crippen molar-refractivity contribution >= 4 is 43.6 Å². The zero-order valence-corrected chi connectivity index (χ0v) is 25.8. The van der Waals surface area contributed by atoms with Gasteiger partial charge in [-0.3, -0.25) is 0 Å². The maximum Gasteiger partial charge on any atom is 0.0998 e. The summed E-state index contributed by atoms with van der Waals surface area (Å²) >= 11 is 0. The Hall–Kier alpha value is -6.88. The highest BCUT2D eigenvalue weighted by atomic mass is 15.0. The first-order valence-electron chi connectivity index (χ1n) is 15.9. The van der Waals surface area contributed by atoms with Crippen LogP contribution in [0.25, 0.3) is 77.2 Å². The molecule has 2 aromatic heterocycles. The topological polar surface area (TPSA) is 57.4 Å². The lowest BCUT2D eigenvalue weighted by atomic mass is 9.96. The van der Waals surface area contributed by atoms with Crippen LogP contribution in [-0.4, -0.2) is 9.13 Å². The number of aromatic nitrogens is 2. The number of nitrogens with zero attached hydrogens (tertiary/aromatic N) is 4. The van der Waals surface area contributed by atoms with Gasteiger partial charge in [-0.25, -0.2) is 0 Å². The molecule has 0 radical (unpaired) electrons. The van der Waals surface area contributed by atoms with Crippen LogP contribution in [0.4, 0.5) is 0 Å². The van der Waals surface area contributed by atoms with Gasteiger partial charge < -0.3 is 9.13 Å². The third-order valence-corrected chi connectivity index (χ3v) is 9.42. The van der Waals surface area contributed by atoms with Crippen molar-refractivity contribution in [1.82, 2.24) is 9.13 Å². The van der Waals surface area contributed by atoms with E-state index in [2.05, 4.69) is 155 Å². The first-order chi connectivity index (χ1) is 23.7. The predicted molar refractivity (Wildman–Crippen MR) is 195 cm³/mol. The van der Waals surface area contributed by atoms with E-state index in [1.807, 2.05) is 24.3 Å². The largest absolute Gasteiger partial charge is 0.309 e. The number of hydrogen-bond acceptors (Lipinski definition) is 2. The van der Waals surface area contributed by atoms with Gasteiger partial charge in [-0.15, -0.1) is 0 Å². The summed E-state index contributed by atoms with van der Waals surface area (Å²) < 4.78 is 4.50. The number of nitriles is 2. The molecule has 9 rings (SSSR count). The number of rotatable bonds is 4. The molecule has 222 valence electrons. The number of hydrogen-bond donors (Lipinski definition) is 0. The average molecular weight is 611 g/mol. The van der Waals surface area contributed by atoms with E-state index in [9.17, 15) is 10.5 Å². The van der Waals surface area contributed by atoms with Crippen molar-refractivity contribution in [2.75, 3.05) is 0 Å². The Morgan fingerprint density at radius 3 is 1.56 bits per heavy atom. The van der Waals surface area contributed by atoms with Gasteiger partial charge >= 0.3 is 0 Å². The van der Waals surface area contributed by atoms with Gasteiger partial charge in [0.25, 0.3) is 0 Å². The van der Waals surface area contributed by atoms with Crippen LogP contribution in [0.5, 0.6) is 0 Å². The second-order valence-corrected chi connectivity index (χ2v) is 12.0. The Kier molecular flexibility index (Phi) is 6.22. The molecular formula is C44H26N4. The monoisotopic (exact) mass is 610 g/mol. The SMILES string of the molecule is N#Cc1ccc2c3ccccc3n(-c3ccccc3-c3ccc(-c4ccc(-n5c6ccccc6c6ccccc65)cc4C#N)cc3)c2c1. The molecule has 9 aromatic rings. The minimum atomic E-state index is 0.626. The van der Waals surface area contributed by atoms with Crippen LogP contribution in [0.15, 0.2) is 158 Å². The summed E-state index contributed by atoms with van der Waals surface area (Å²) in [5.41, 5.74) is 11.6. The van der Waals surface area contributed by atoms with Gasteiger partial charge in [0.1, 0.15) is 0 Å². The highest BCUT2D eigenvalue weighted by Crippen LogP contribution is 2.38. The third-order valence-electron chi connectivity index (χ3n) is 9.42. The summed E-state index contributed by atoms with van der Waals surface area (Å²) in [6.45, 7) is 0. The molecule has 0 aliphatic carbocycles. The predicted octanol–water partition coefficient (Wildman–Crippen LogP) is 11.0. The minimum Gasteiger partial charge on any atom is -0.309 e. The third kappa shape index (κ3) is 4.14. The van der Waals surface area contributed by atoms with Gasteiger partial charge in [-0.05, 0) is 65.2 Å². The molecule has 0 amide bonds. The maximum absolute atomic E-state index is 10.3. The standard InChI is InChI=1S/C44H26N4/c45-27-29-17-23-39-38-12-4-8-16-43(38)48(44(39)25-29)40-13-5-1-9-35(40)31-20-18-30(19-21-31)34-24-22-33(26-32(34)28-46)47-41-14-6-2-10-36(41)37-11-3-7-15-42(37)47/h1-26H. The van der Waals surface area contributed by atoms with Crippen molar-refractivity contribution < 1.29 is 0 Å². The van der Waals surface area contributed by atoms with E-state index in [0.717, 1.165) is 66.5 Å². The van der Waals surface area contributed by atoms with Gasteiger partial charge in [-0.1, -0.05) is 109 Å². The Morgan fingerprint density at radius 1 is 0.396 bits per heavy atom. The molecule has 2 heterocycles. The van der Waals surface area contributed by atoms with E-state index in [1.165, 1.54) is 10.8 Å². The summed E-state index contributed by atoms with van der Waals surface area (Å²) in [7, 11) is 0. The van der Waals surface area contributed by atoms with Crippen LogP contribution in [0.3, 0.4) is 0 Å². The number of para-hydroxylation sites is 4. The first-order valence-corrected chi connectivity index (χ1v) is 15.9. The molecule has 0 fully saturated rings. The van der Waals surface area contributed by atoms with Crippen molar-refractivity contribution in [3.8, 4) is 45.8 Å². The van der Waals surface area contributed by atoms with Crippen molar-refractivity contribution in [3.63, 3.8) is 0 Å². The summed E-state index contributed by atoms with van der Waals surface area (Å²) in [4.78, 5) is 0. The van der Waals surface area contributed by atoms with Crippen LogP contribution in [0, 0.1) is 22.7 Å². The number of benzene rings is 7. The van der Waals surface area contributed by atoms with E-state index in [1.54, 1.807) is 0 Å². The van der Waals surface area contributed by atoms with Gasteiger partial charge in [0.2, 0.25) is 0 Å².